The van der Waals surface area contributed by atoms with Crippen molar-refractivity contribution >= 4 is 11.9 Å². The SMILES string of the molecule is CNc1nc(NCC(C)(C)OC)nc(OC(C)C)n1. The van der Waals surface area contributed by atoms with Gasteiger partial charge in [-0.3, -0.25) is 0 Å². The van der Waals surface area contributed by atoms with Crippen LogP contribution in [0.5, 0.6) is 6.01 Å². The molecule has 0 bridgehead atoms. The van der Waals surface area contributed by atoms with Crippen molar-refractivity contribution in [3.63, 3.8) is 0 Å². The van der Waals surface area contributed by atoms with E-state index in [1.165, 1.54) is 0 Å². The normalized spacial score (nSPS) is 11.5. The molecule has 0 spiro atoms. The zero-order chi connectivity index (χ0) is 14.5. The summed E-state index contributed by atoms with van der Waals surface area (Å²) in [4.78, 5) is 12.6. The molecule has 0 saturated heterocycles. The van der Waals surface area contributed by atoms with E-state index in [0.717, 1.165) is 0 Å². The quantitative estimate of drug-likeness (QED) is 0.777. The summed E-state index contributed by atoms with van der Waals surface area (Å²) in [6.07, 6.45) is 0.00960. The molecule has 1 aromatic heterocycles. The van der Waals surface area contributed by atoms with Crippen LogP contribution in [0.4, 0.5) is 11.9 Å². The second-order valence-electron chi connectivity index (χ2n) is 5.00. The van der Waals surface area contributed by atoms with E-state index in [0.29, 0.717) is 24.5 Å². The Morgan fingerprint density at radius 1 is 1.16 bits per heavy atom. The first-order valence-corrected chi connectivity index (χ1v) is 6.26. The molecule has 0 radical (unpaired) electrons. The summed E-state index contributed by atoms with van der Waals surface area (Å²) in [6, 6.07) is 0.298. The van der Waals surface area contributed by atoms with Gasteiger partial charge in [0.2, 0.25) is 11.9 Å². The molecule has 0 amide bonds. The first-order chi connectivity index (χ1) is 8.86. The smallest absolute Gasteiger partial charge is 0.323 e. The summed E-state index contributed by atoms with van der Waals surface area (Å²) in [5.41, 5.74) is -0.300. The molecule has 0 aliphatic carbocycles. The lowest BCUT2D eigenvalue weighted by molar-refractivity contribution is 0.0342. The average Bonchev–Trinajstić information content (AvgIpc) is 2.35. The Hall–Kier alpha value is -1.63. The number of ether oxygens (including phenoxy) is 2. The Morgan fingerprint density at radius 3 is 2.32 bits per heavy atom. The maximum Gasteiger partial charge on any atom is 0.323 e. The fourth-order valence-corrected chi connectivity index (χ4v) is 1.17. The molecule has 0 atom stereocenters. The lowest BCUT2D eigenvalue weighted by atomic mass is 10.1. The Morgan fingerprint density at radius 2 is 1.79 bits per heavy atom. The van der Waals surface area contributed by atoms with Gasteiger partial charge in [0, 0.05) is 20.7 Å². The number of methoxy groups -OCH3 is 1. The van der Waals surface area contributed by atoms with E-state index < -0.39 is 0 Å². The van der Waals surface area contributed by atoms with Crippen LogP contribution < -0.4 is 15.4 Å². The van der Waals surface area contributed by atoms with Crippen LogP contribution in [0.15, 0.2) is 0 Å². The van der Waals surface area contributed by atoms with Gasteiger partial charge in [-0.15, -0.1) is 0 Å². The number of nitrogens with zero attached hydrogens (tertiary/aromatic N) is 3. The van der Waals surface area contributed by atoms with Gasteiger partial charge in [-0.05, 0) is 27.7 Å². The van der Waals surface area contributed by atoms with Crippen molar-refractivity contribution in [1.82, 2.24) is 15.0 Å². The molecule has 1 aromatic rings. The van der Waals surface area contributed by atoms with Gasteiger partial charge in [0.25, 0.3) is 0 Å². The van der Waals surface area contributed by atoms with E-state index >= 15 is 0 Å². The van der Waals surface area contributed by atoms with Crippen LogP contribution >= 0.6 is 0 Å². The molecule has 0 saturated carbocycles. The molecule has 108 valence electrons. The van der Waals surface area contributed by atoms with Crippen molar-refractivity contribution < 1.29 is 9.47 Å². The number of hydrogen-bond acceptors (Lipinski definition) is 7. The molecule has 0 aliphatic heterocycles. The standard InChI is InChI=1S/C12H23N5O2/c1-8(2)19-11-16-9(13-5)15-10(17-11)14-7-12(3,4)18-6/h8H,7H2,1-6H3,(H2,13,14,15,16,17). The Balaban J connectivity index is 2.82. The number of aromatic nitrogens is 3. The lowest BCUT2D eigenvalue weighted by Crippen LogP contribution is -2.32. The van der Waals surface area contributed by atoms with Crippen molar-refractivity contribution in [2.24, 2.45) is 0 Å². The summed E-state index contributed by atoms with van der Waals surface area (Å²) >= 11 is 0. The van der Waals surface area contributed by atoms with Gasteiger partial charge in [0.1, 0.15) is 0 Å². The molecule has 0 aromatic carbocycles. The maximum atomic E-state index is 5.48. The molecule has 0 aliphatic rings. The van der Waals surface area contributed by atoms with Crippen LogP contribution in [0.1, 0.15) is 27.7 Å². The zero-order valence-corrected chi connectivity index (χ0v) is 12.4. The van der Waals surface area contributed by atoms with Gasteiger partial charge in [0.15, 0.2) is 0 Å². The van der Waals surface area contributed by atoms with E-state index in [9.17, 15) is 0 Å². The largest absolute Gasteiger partial charge is 0.461 e. The number of nitrogens with one attached hydrogen (secondary N) is 2. The minimum absolute atomic E-state index is 0.00960. The monoisotopic (exact) mass is 269 g/mol. The van der Waals surface area contributed by atoms with Crippen molar-refractivity contribution in [3.05, 3.63) is 0 Å². The van der Waals surface area contributed by atoms with Crippen molar-refractivity contribution in [1.29, 1.82) is 0 Å². The summed E-state index contributed by atoms with van der Waals surface area (Å²) < 4.78 is 10.8. The highest BCUT2D eigenvalue weighted by Gasteiger charge is 2.17. The Kier molecular flexibility index (Phi) is 5.29. The van der Waals surface area contributed by atoms with Crippen molar-refractivity contribution in [3.8, 4) is 6.01 Å². The Labute approximate surface area is 114 Å². The first kappa shape index (κ1) is 15.4. The van der Waals surface area contributed by atoms with E-state index in [4.69, 9.17) is 9.47 Å². The van der Waals surface area contributed by atoms with Crippen LogP contribution in [0.2, 0.25) is 0 Å². The molecule has 7 heteroatoms. The average molecular weight is 269 g/mol. The van der Waals surface area contributed by atoms with Gasteiger partial charge in [-0.1, -0.05) is 0 Å². The minimum Gasteiger partial charge on any atom is -0.461 e. The first-order valence-electron chi connectivity index (χ1n) is 6.26. The van der Waals surface area contributed by atoms with Gasteiger partial charge in [-0.25, -0.2) is 0 Å². The van der Waals surface area contributed by atoms with Gasteiger partial charge < -0.3 is 20.1 Å². The number of anilines is 2. The minimum atomic E-state index is -0.300. The van der Waals surface area contributed by atoms with Gasteiger partial charge in [-0.2, -0.15) is 15.0 Å². The Bertz CT molecular complexity index is 409. The third-order valence-electron chi connectivity index (χ3n) is 2.40. The summed E-state index contributed by atoms with van der Waals surface area (Å²) in [5, 5.41) is 6.00. The number of hydrogen-bond donors (Lipinski definition) is 2. The molecule has 1 rings (SSSR count). The van der Waals surface area contributed by atoms with E-state index in [-0.39, 0.29) is 11.7 Å². The van der Waals surface area contributed by atoms with Crippen LogP contribution in [-0.2, 0) is 4.74 Å². The third-order valence-corrected chi connectivity index (χ3v) is 2.40. The second kappa shape index (κ2) is 6.51. The molecule has 1 heterocycles. The molecule has 19 heavy (non-hydrogen) atoms. The number of rotatable bonds is 7. The lowest BCUT2D eigenvalue weighted by Gasteiger charge is -2.23. The molecule has 0 fully saturated rings. The fraction of sp³-hybridized carbons (Fsp3) is 0.750. The zero-order valence-electron chi connectivity index (χ0n) is 12.4. The van der Waals surface area contributed by atoms with Gasteiger partial charge >= 0.3 is 6.01 Å². The predicted octanol–water partition coefficient (Wildman–Crippen LogP) is 1.54. The van der Waals surface area contributed by atoms with Gasteiger partial charge in [0.05, 0.1) is 11.7 Å². The van der Waals surface area contributed by atoms with Crippen LogP contribution in [0, 0.1) is 0 Å². The summed E-state index contributed by atoms with van der Waals surface area (Å²) in [6.45, 7) is 8.38. The topological polar surface area (TPSA) is 81.2 Å². The molecular weight excluding hydrogens is 246 g/mol. The van der Waals surface area contributed by atoms with Crippen LogP contribution in [0.3, 0.4) is 0 Å². The van der Waals surface area contributed by atoms with E-state index in [1.54, 1.807) is 14.2 Å². The van der Waals surface area contributed by atoms with E-state index in [2.05, 4.69) is 25.6 Å². The maximum absolute atomic E-state index is 5.48. The van der Waals surface area contributed by atoms with Crippen LogP contribution in [-0.4, -0.2) is 47.4 Å². The molecular formula is C12H23N5O2. The fourth-order valence-electron chi connectivity index (χ4n) is 1.17. The summed E-state index contributed by atoms with van der Waals surface area (Å²) in [5.74, 6) is 0.920. The highest BCUT2D eigenvalue weighted by atomic mass is 16.5. The molecule has 7 nitrogen and oxygen atoms in total. The molecule has 0 unspecified atom stereocenters. The van der Waals surface area contributed by atoms with Crippen molar-refractivity contribution in [2.75, 3.05) is 31.3 Å². The predicted molar refractivity (Wildman–Crippen MR) is 74.7 cm³/mol. The highest BCUT2D eigenvalue weighted by Crippen LogP contribution is 2.14. The third kappa shape index (κ3) is 5.25. The van der Waals surface area contributed by atoms with Crippen LogP contribution in [0.25, 0.3) is 0 Å². The molecule has 2 N–H and O–H groups in total. The van der Waals surface area contributed by atoms with Crippen molar-refractivity contribution in [2.45, 2.75) is 39.4 Å². The summed E-state index contributed by atoms with van der Waals surface area (Å²) in [7, 11) is 3.42. The second-order valence-corrected chi connectivity index (χ2v) is 5.00. The van der Waals surface area contributed by atoms with E-state index in [1.807, 2.05) is 27.7 Å². The highest BCUT2D eigenvalue weighted by molar-refractivity contribution is 5.35.